The summed E-state index contributed by atoms with van der Waals surface area (Å²) in [5.74, 6) is 0.0981. The van der Waals surface area contributed by atoms with Crippen LogP contribution in [0.3, 0.4) is 0 Å². The van der Waals surface area contributed by atoms with Crippen molar-refractivity contribution in [2.45, 2.75) is 39.7 Å². The number of benzene rings is 1. The summed E-state index contributed by atoms with van der Waals surface area (Å²) < 4.78 is 5.16. The molecule has 0 saturated heterocycles. The van der Waals surface area contributed by atoms with Crippen LogP contribution >= 0.6 is 0 Å². The molecule has 0 radical (unpaired) electrons. The molecule has 0 aliphatic carbocycles. The van der Waals surface area contributed by atoms with Crippen molar-refractivity contribution in [1.29, 1.82) is 0 Å². The van der Waals surface area contributed by atoms with Gasteiger partial charge in [0.25, 0.3) is 5.91 Å². The van der Waals surface area contributed by atoms with Crippen LogP contribution in [0.5, 0.6) is 0 Å². The van der Waals surface area contributed by atoms with Gasteiger partial charge in [0.2, 0.25) is 0 Å². The van der Waals surface area contributed by atoms with Gasteiger partial charge in [0.1, 0.15) is 0 Å². The van der Waals surface area contributed by atoms with Crippen molar-refractivity contribution in [3.05, 3.63) is 29.3 Å². The van der Waals surface area contributed by atoms with E-state index in [1.54, 1.807) is 7.11 Å². The van der Waals surface area contributed by atoms with Crippen LogP contribution in [0.4, 0.5) is 5.69 Å². The maximum atomic E-state index is 12.9. The standard InChI is InChI=1S/C17H28N2O2/c1-6-15(7-2)19(10-11-21-5)17(20)16-9-8-14(18-4)12-13(16)3/h8-9,12,15,18H,6-7,10-11H2,1-5H3. The highest BCUT2D eigenvalue weighted by molar-refractivity contribution is 5.96. The normalized spacial score (nSPS) is 10.8. The molecule has 0 heterocycles. The zero-order chi connectivity index (χ0) is 15.8. The van der Waals surface area contributed by atoms with Crippen LogP contribution in [-0.4, -0.2) is 44.2 Å². The van der Waals surface area contributed by atoms with Crippen molar-refractivity contribution in [1.82, 2.24) is 4.90 Å². The number of amides is 1. The monoisotopic (exact) mass is 292 g/mol. The lowest BCUT2D eigenvalue weighted by molar-refractivity contribution is 0.0589. The third-order valence-electron chi connectivity index (χ3n) is 3.93. The van der Waals surface area contributed by atoms with Gasteiger partial charge in [0.15, 0.2) is 0 Å². The number of hydrogen-bond donors (Lipinski definition) is 1. The topological polar surface area (TPSA) is 41.6 Å². The minimum Gasteiger partial charge on any atom is -0.388 e. The minimum atomic E-state index is 0.0981. The second-order valence-electron chi connectivity index (χ2n) is 5.24. The number of ether oxygens (including phenoxy) is 1. The van der Waals surface area contributed by atoms with Crippen molar-refractivity contribution in [3.63, 3.8) is 0 Å². The number of methoxy groups -OCH3 is 1. The van der Waals surface area contributed by atoms with Gasteiger partial charge in [-0.05, 0) is 43.5 Å². The third kappa shape index (κ3) is 4.46. The Bertz CT molecular complexity index is 456. The van der Waals surface area contributed by atoms with Gasteiger partial charge >= 0.3 is 0 Å². The fourth-order valence-corrected chi connectivity index (χ4v) is 2.58. The summed E-state index contributed by atoms with van der Waals surface area (Å²) in [5, 5.41) is 3.10. The summed E-state index contributed by atoms with van der Waals surface area (Å²) in [4.78, 5) is 14.8. The second kappa shape index (κ2) is 8.67. The van der Waals surface area contributed by atoms with Crippen molar-refractivity contribution in [2.24, 2.45) is 0 Å². The number of anilines is 1. The molecule has 1 aromatic carbocycles. The van der Waals surface area contributed by atoms with Crippen molar-refractivity contribution >= 4 is 11.6 Å². The maximum Gasteiger partial charge on any atom is 0.254 e. The molecule has 0 bridgehead atoms. The van der Waals surface area contributed by atoms with Crippen LogP contribution in [0.25, 0.3) is 0 Å². The molecular weight excluding hydrogens is 264 g/mol. The summed E-state index contributed by atoms with van der Waals surface area (Å²) in [5.41, 5.74) is 2.80. The predicted molar refractivity (Wildman–Crippen MR) is 88.0 cm³/mol. The Morgan fingerprint density at radius 3 is 2.48 bits per heavy atom. The van der Waals surface area contributed by atoms with E-state index in [0.29, 0.717) is 13.2 Å². The average Bonchev–Trinajstić information content (AvgIpc) is 2.50. The molecule has 1 N–H and O–H groups in total. The smallest absolute Gasteiger partial charge is 0.254 e. The molecule has 118 valence electrons. The van der Waals surface area contributed by atoms with Gasteiger partial charge in [0, 0.05) is 38.0 Å². The summed E-state index contributed by atoms with van der Waals surface area (Å²) in [6.07, 6.45) is 1.92. The number of nitrogens with zero attached hydrogens (tertiary/aromatic N) is 1. The second-order valence-corrected chi connectivity index (χ2v) is 5.24. The highest BCUT2D eigenvalue weighted by Gasteiger charge is 2.23. The molecule has 1 amide bonds. The van der Waals surface area contributed by atoms with Gasteiger partial charge in [-0.2, -0.15) is 0 Å². The van der Waals surface area contributed by atoms with Crippen LogP contribution < -0.4 is 5.32 Å². The number of aryl methyl sites for hydroxylation is 1. The minimum absolute atomic E-state index is 0.0981. The number of nitrogens with one attached hydrogen (secondary N) is 1. The lowest BCUT2D eigenvalue weighted by Gasteiger charge is -2.31. The lowest BCUT2D eigenvalue weighted by atomic mass is 10.0. The lowest BCUT2D eigenvalue weighted by Crippen LogP contribution is -2.42. The molecule has 4 nitrogen and oxygen atoms in total. The maximum absolute atomic E-state index is 12.9. The van der Waals surface area contributed by atoms with Gasteiger partial charge in [0.05, 0.1) is 6.61 Å². The largest absolute Gasteiger partial charge is 0.388 e. The Hall–Kier alpha value is -1.55. The molecule has 21 heavy (non-hydrogen) atoms. The first-order valence-electron chi connectivity index (χ1n) is 7.67. The molecule has 0 atom stereocenters. The Morgan fingerprint density at radius 2 is 2.00 bits per heavy atom. The Morgan fingerprint density at radius 1 is 1.33 bits per heavy atom. The summed E-state index contributed by atoms with van der Waals surface area (Å²) in [7, 11) is 3.55. The average molecular weight is 292 g/mol. The van der Waals surface area contributed by atoms with Gasteiger partial charge in [-0.1, -0.05) is 13.8 Å². The van der Waals surface area contributed by atoms with Crippen LogP contribution in [0.2, 0.25) is 0 Å². The molecule has 0 fully saturated rings. The first-order chi connectivity index (χ1) is 10.1. The molecule has 0 unspecified atom stereocenters. The Balaban J connectivity index is 3.03. The highest BCUT2D eigenvalue weighted by Crippen LogP contribution is 2.19. The fourth-order valence-electron chi connectivity index (χ4n) is 2.58. The summed E-state index contributed by atoms with van der Waals surface area (Å²) in [6, 6.07) is 6.12. The highest BCUT2D eigenvalue weighted by atomic mass is 16.5. The quantitative estimate of drug-likeness (QED) is 0.799. The molecule has 1 rings (SSSR count). The van der Waals surface area contributed by atoms with E-state index < -0.39 is 0 Å². The third-order valence-corrected chi connectivity index (χ3v) is 3.93. The Kier molecular flexibility index (Phi) is 7.23. The van der Waals surface area contributed by atoms with Crippen molar-refractivity contribution < 1.29 is 9.53 Å². The first-order valence-corrected chi connectivity index (χ1v) is 7.67. The van der Waals surface area contributed by atoms with Crippen LogP contribution in [0, 0.1) is 6.92 Å². The Labute approximate surface area is 128 Å². The molecular formula is C17H28N2O2. The first kappa shape index (κ1) is 17.5. The molecule has 0 aromatic heterocycles. The summed E-state index contributed by atoms with van der Waals surface area (Å²) in [6.45, 7) is 7.43. The molecule has 0 aliphatic heterocycles. The van der Waals surface area contributed by atoms with E-state index in [9.17, 15) is 4.79 Å². The van der Waals surface area contributed by atoms with E-state index >= 15 is 0 Å². The molecule has 0 spiro atoms. The molecule has 1 aromatic rings. The fraction of sp³-hybridized carbons (Fsp3) is 0.588. The van der Waals surface area contributed by atoms with Gasteiger partial charge < -0.3 is 15.0 Å². The van der Waals surface area contributed by atoms with Gasteiger partial charge in [-0.3, -0.25) is 4.79 Å². The van der Waals surface area contributed by atoms with E-state index in [1.165, 1.54) is 0 Å². The molecule has 4 heteroatoms. The van der Waals surface area contributed by atoms with Crippen LogP contribution in [0.15, 0.2) is 18.2 Å². The number of rotatable bonds is 8. The number of hydrogen-bond acceptors (Lipinski definition) is 3. The van der Waals surface area contributed by atoms with Gasteiger partial charge in [-0.15, -0.1) is 0 Å². The van der Waals surface area contributed by atoms with Crippen LogP contribution in [0.1, 0.15) is 42.6 Å². The summed E-state index contributed by atoms with van der Waals surface area (Å²) >= 11 is 0. The molecule has 0 saturated carbocycles. The van der Waals surface area contributed by atoms with E-state index in [2.05, 4.69) is 19.2 Å². The number of carbonyl (C=O) groups excluding carboxylic acids is 1. The van der Waals surface area contributed by atoms with Crippen molar-refractivity contribution in [3.8, 4) is 0 Å². The SMILES string of the molecule is CCC(CC)N(CCOC)C(=O)c1ccc(NC)cc1C. The van der Waals surface area contributed by atoms with E-state index in [0.717, 1.165) is 29.7 Å². The van der Waals surface area contributed by atoms with Gasteiger partial charge in [-0.25, -0.2) is 0 Å². The zero-order valence-corrected chi connectivity index (χ0v) is 13.9. The van der Waals surface area contributed by atoms with Crippen LogP contribution in [-0.2, 0) is 4.74 Å². The number of carbonyl (C=O) groups is 1. The predicted octanol–water partition coefficient (Wildman–Crippen LogP) is 3.31. The van der Waals surface area contributed by atoms with Crippen molar-refractivity contribution in [2.75, 3.05) is 32.6 Å². The van der Waals surface area contributed by atoms with E-state index in [-0.39, 0.29) is 11.9 Å². The zero-order valence-electron chi connectivity index (χ0n) is 13.9. The van der Waals surface area contributed by atoms with E-state index in [4.69, 9.17) is 4.74 Å². The molecule has 0 aliphatic rings. The van der Waals surface area contributed by atoms with E-state index in [1.807, 2.05) is 37.1 Å².